The SMILES string of the molecule is NCc1cc(F)c2c(c1)NC(=O)CO2. The van der Waals surface area contributed by atoms with Crippen LogP contribution in [0.1, 0.15) is 5.56 Å². The lowest BCUT2D eigenvalue weighted by atomic mass is 10.1. The number of amides is 1. The Morgan fingerprint density at radius 3 is 3.07 bits per heavy atom. The predicted octanol–water partition coefficient (Wildman–Crippen LogP) is 0.615. The topological polar surface area (TPSA) is 64.3 Å². The van der Waals surface area contributed by atoms with Crippen molar-refractivity contribution in [2.24, 2.45) is 5.73 Å². The maximum absolute atomic E-state index is 13.3. The third-order valence-electron chi connectivity index (χ3n) is 1.96. The van der Waals surface area contributed by atoms with Gasteiger partial charge < -0.3 is 15.8 Å². The van der Waals surface area contributed by atoms with Crippen LogP contribution in [-0.4, -0.2) is 12.5 Å². The number of fused-ring (bicyclic) bond motifs is 1. The van der Waals surface area contributed by atoms with Gasteiger partial charge in [0.2, 0.25) is 0 Å². The Balaban J connectivity index is 2.48. The first kappa shape index (κ1) is 8.96. The number of anilines is 1. The molecule has 0 atom stereocenters. The highest BCUT2D eigenvalue weighted by atomic mass is 19.1. The van der Waals surface area contributed by atoms with E-state index in [-0.39, 0.29) is 24.8 Å². The fraction of sp³-hybridized carbons (Fsp3) is 0.222. The monoisotopic (exact) mass is 196 g/mol. The summed E-state index contributed by atoms with van der Waals surface area (Å²) in [6, 6.07) is 2.91. The zero-order chi connectivity index (χ0) is 10.1. The molecule has 0 saturated carbocycles. The van der Waals surface area contributed by atoms with E-state index in [4.69, 9.17) is 10.5 Å². The number of nitrogens with two attached hydrogens (primary N) is 1. The van der Waals surface area contributed by atoms with E-state index >= 15 is 0 Å². The largest absolute Gasteiger partial charge is 0.478 e. The van der Waals surface area contributed by atoms with E-state index in [0.717, 1.165) is 0 Å². The summed E-state index contributed by atoms with van der Waals surface area (Å²) in [6.07, 6.45) is 0. The Morgan fingerprint density at radius 1 is 1.57 bits per heavy atom. The van der Waals surface area contributed by atoms with Crippen LogP contribution < -0.4 is 15.8 Å². The minimum atomic E-state index is -0.497. The van der Waals surface area contributed by atoms with Crippen LogP contribution in [-0.2, 0) is 11.3 Å². The second-order valence-corrected chi connectivity index (χ2v) is 3.00. The fourth-order valence-corrected chi connectivity index (χ4v) is 1.33. The molecule has 1 aromatic carbocycles. The van der Waals surface area contributed by atoms with Crippen molar-refractivity contribution < 1.29 is 13.9 Å². The number of rotatable bonds is 1. The standard InChI is InChI=1S/C9H9FN2O2/c10-6-1-5(3-11)2-7-9(6)14-4-8(13)12-7/h1-2H,3-4,11H2,(H,12,13). The Kier molecular flexibility index (Phi) is 2.09. The van der Waals surface area contributed by atoms with E-state index in [2.05, 4.69) is 5.32 Å². The van der Waals surface area contributed by atoms with E-state index in [9.17, 15) is 9.18 Å². The number of carbonyl (C=O) groups is 1. The number of hydrogen-bond donors (Lipinski definition) is 2. The molecule has 0 aliphatic carbocycles. The third kappa shape index (κ3) is 1.42. The van der Waals surface area contributed by atoms with Gasteiger partial charge in [0.05, 0.1) is 5.69 Å². The summed E-state index contributed by atoms with van der Waals surface area (Å²) in [4.78, 5) is 10.9. The molecule has 4 nitrogen and oxygen atoms in total. The summed E-state index contributed by atoms with van der Waals surface area (Å²) < 4.78 is 18.3. The van der Waals surface area contributed by atoms with Crippen molar-refractivity contribution >= 4 is 11.6 Å². The van der Waals surface area contributed by atoms with Crippen LogP contribution >= 0.6 is 0 Å². The van der Waals surface area contributed by atoms with E-state index in [1.54, 1.807) is 6.07 Å². The lowest BCUT2D eigenvalue weighted by Crippen LogP contribution is -2.26. The van der Waals surface area contributed by atoms with Crippen LogP contribution in [0.15, 0.2) is 12.1 Å². The minimum absolute atomic E-state index is 0.0850. The van der Waals surface area contributed by atoms with Gasteiger partial charge in [-0.25, -0.2) is 4.39 Å². The van der Waals surface area contributed by atoms with Crippen molar-refractivity contribution in [3.63, 3.8) is 0 Å². The number of benzene rings is 1. The molecule has 5 heteroatoms. The van der Waals surface area contributed by atoms with Gasteiger partial charge in [-0.2, -0.15) is 0 Å². The van der Waals surface area contributed by atoms with Crippen LogP contribution in [0.25, 0.3) is 0 Å². The van der Waals surface area contributed by atoms with Gasteiger partial charge >= 0.3 is 0 Å². The Morgan fingerprint density at radius 2 is 2.36 bits per heavy atom. The molecule has 0 aromatic heterocycles. The second kappa shape index (κ2) is 3.26. The number of carbonyl (C=O) groups excluding carboxylic acids is 1. The van der Waals surface area contributed by atoms with Crippen LogP contribution in [0.4, 0.5) is 10.1 Å². The smallest absolute Gasteiger partial charge is 0.262 e. The van der Waals surface area contributed by atoms with Crippen LogP contribution in [0.3, 0.4) is 0 Å². The van der Waals surface area contributed by atoms with Crippen molar-refractivity contribution in [3.05, 3.63) is 23.5 Å². The van der Waals surface area contributed by atoms with Crippen molar-refractivity contribution in [3.8, 4) is 5.75 Å². The molecular formula is C9H9FN2O2. The highest BCUT2D eigenvalue weighted by Crippen LogP contribution is 2.31. The highest BCUT2D eigenvalue weighted by molar-refractivity contribution is 5.95. The van der Waals surface area contributed by atoms with E-state index in [0.29, 0.717) is 11.3 Å². The van der Waals surface area contributed by atoms with E-state index < -0.39 is 5.82 Å². The van der Waals surface area contributed by atoms with Gasteiger partial charge in [0, 0.05) is 6.54 Å². The number of hydrogen-bond acceptors (Lipinski definition) is 3. The average molecular weight is 196 g/mol. The second-order valence-electron chi connectivity index (χ2n) is 3.00. The van der Waals surface area contributed by atoms with Crippen LogP contribution in [0.2, 0.25) is 0 Å². The Labute approximate surface area is 79.9 Å². The van der Waals surface area contributed by atoms with Crippen molar-refractivity contribution in [2.75, 3.05) is 11.9 Å². The molecule has 1 heterocycles. The van der Waals surface area contributed by atoms with E-state index in [1.165, 1.54) is 6.07 Å². The molecular weight excluding hydrogens is 187 g/mol. The van der Waals surface area contributed by atoms with Gasteiger partial charge in [-0.15, -0.1) is 0 Å². The predicted molar refractivity (Wildman–Crippen MR) is 48.4 cm³/mol. The molecule has 2 rings (SSSR count). The van der Waals surface area contributed by atoms with Crippen LogP contribution in [0.5, 0.6) is 5.75 Å². The molecule has 3 N–H and O–H groups in total. The summed E-state index contributed by atoms with van der Waals surface area (Å²) >= 11 is 0. The average Bonchev–Trinajstić information content (AvgIpc) is 2.16. The quantitative estimate of drug-likeness (QED) is 0.691. The first-order valence-electron chi connectivity index (χ1n) is 4.16. The Hall–Kier alpha value is -1.62. The van der Waals surface area contributed by atoms with Gasteiger partial charge in [0.25, 0.3) is 5.91 Å². The maximum Gasteiger partial charge on any atom is 0.262 e. The summed E-state index contributed by atoms with van der Waals surface area (Å²) in [5, 5.41) is 2.52. The van der Waals surface area contributed by atoms with Crippen LogP contribution in [0, 0.1) is 5.82 Å². The summed E-state index contributed by atoms with van der Waals surface area (Å²) in [5.41, 5.74) is 6.33. The number of halogens is 1. The number of ether oxygens (including phenoxy) is 1. The molecule has 1 aliphatic rings. The zero-order valence-corrected chi connectivity index (χ0v) is 7.34. The molecule has 0 unspecified atom stereocenters. The van der Waals surface area contributed by atoms with Gasteiger partial charge in [0.1, 0.15) is 0 Å². The lowest BCUT2D eigenvalue weighted by molar-refractivity contribution is -0.118. The molecule has 0 fully saturated rings. The van der Waals surface area contributed by atoms with Gasteiger partial charge in [0.15, 0.2) is 18.2 Å². The minimum Gasteiger partial charge on any atom is -0.478 e. The fourth-order valence-electron chi connectivity index (χ4n) is 1.33. The first-order valence-corrected chi connectivity index (χ1v) is 4.16. The first-order chi connectivity index (χ1) is 6.70. The Bertz CT molecular complexity index is 393. The van der Waals surface area contributed by atoms with Gasteiger partial charge in [-0.05, 0) is 17.7 Å². The molecule has 1 aromatic rings. The zero-order valence-electron chi connectivity index (χ0n) is 7.34. The third-order valence-corrected chi connectivity index (χ3v) is 1.96. The van der Waals surface area contributed by atoms with Crippen molar-refractivity contribution in [1.82, 2.24) is 0 Å². The summed E-state index contributed by atoms with van der Waals surface area (Å²) in [6.45, 7) is 0.0754. The summed E-state index contributed by atoms with van der Waals surface area (Å²) in [7, 11) is 0. The highest BCUT2D eigenvalue weighted by Gasteiger charge is 2.20. The van der Waals surface area contributed by atoms with Gasteiger partial charge in [-0.1, -0.05) is 0 Å². The molecule has 1 amide bonds. The molecule has 0 spiro atoms. The maximum atomic E-state index is 13.3. The molecule has 0 bridgehead atoms. The molecule has 0 radical (unpaired) electrons. The van der Waals surface area contributed by atoms with E-state index in [1.807, 2.05) is 0 Å². The number of nitrogens with one attached hydrogen (secondary N) is 1. The molecule has 1 aliphatic heterocycles. The van der Waals surface area contributed by atoms with Gasteiger partial charge in [-0.3, -0.25) is 4.79 Å². The molecule has 74 valence electrons. The van der Waals surface area contributed by atoms with Crippen molar-refractivity contribution in [2.45, 2.75) is 6.54 Å². The molecule has 14 heavy (non-hydrogen) atoms. The summed E-state index contributed by atoms with van der Waals surface area (Å²) in [5.74, 6) is -0.698. The molecule has 0 saturated heterocycles. The normalized spacial score (nSPS) is 14.3. The van der Waals surface area contributed by atoms with Crippen molar-refractivity contribution in [1.29, 1.82) is 0 Å². The lowest BCUT2D eigenvalue weighted by Gasteiger charge is -2.18.